The predicted octanol–water partition coefficient (Wildman–Crippen LogP) is 2.43. The van der Waals surface area contributed by atoms with Crippen LogP contribution in [0.15, 0.2) is 24.3 Å². The third-order valence-corrected chi connectivity index (χ3v) is 4.53. The summed E-state index contributed by atoms with van der Waals surface area (Å²) in [6.45, 7) is 5.39. The second-order valence-corrected chi connectivity index (χ2v) is 6.22. The summed E-state index contributed by atoms with van der Waals surface area (Å²) in [6, 6.07) is 7.01. The van der Waals surface area contributed by atoms with Crippen LogP contribution in [0.25, 0.3) is 0 Å². The molecule has 0 saturated carbocycles. The fourth-order valence-corrected chi connectivity index (χ4v) is 3.45. The van der Waals surface area contributed by atoms with E-state index in [2.05, 4.69) is 17.1 Å². The zero-order chi connectivity index (χ0) is 15.2. The van der Waals surface area contributed by atoms with Crippen LogP contribution in [0.4, 0.5) is 4.39 Å². The quantitative estimate of drug-likeness (QED) is 0.846. The Morgan fingerprint density at radius 1 is 1.43 bits per heavy atom. The van der Waals surface area contributed by atoms with Crippen LogP contribution < -0.4 is 5.32 Å². The Bertz CT molecular complexity index is 441. The molecule has 0 radical (unpaired) electrons. The maximum absolute atomic E-state index is 14.0. The monoisotopic (exact) mass is 294 g/mol. The molecule has 1 aromatic carbocycles. The van der Waals surface area contributed by atoms with E-state index in [9.17, 15) is 9.50 Å². The van der Waals surface area contributed by atoms with Crippen molar-refractivity contribution in [2.24, 2.45) is 11.8 Å². The second kappa shape index (κ2) is 7.87. The minimum atomic E-state index is -0.143. The summed E-state index contributed by atoms with van der Waals surface area (Å²) in [6.07, 6.45) is 2.26. The number of rotatable bonds is 6. The molecule has 118 valence electrons. The third-order valence-electron chi connectivity index (χ3n) is 4.53. The summed E-state index contributed by atoms with van der Waals surface area (Å²) in [5, 5.41) is 12.6. The van der Waals surface area contributed by atoms with Crippen molar-refractivity contribution in [2.45, 2.75) is 25.8 Å². The van der Waals surface area contributed by atoms with Crippen LogP contribution in [-0.2, 0) is 0 Å². The Hall–Kier alpha value is -0.970. The van der Waals surface area contributed by atoms with Gasteiger partial charge in [0.25, 0.3) is 0 Å². The van der Waals surface area contributed by atoms with Gasteiger partial charge in [0.15, 0.2) is 0 Å². The van der Waals surface area contributed by atoms with Crippen molar-refractivity contribution in [3.63, 3.8) is 0 Å². The number of aliphatic hydroxyl groups excluding tert-OH is 1. The number of nitrogens with zero attached hydrogens (tertiary/aromatic N) is 1. The lowest BCUT2D eigenvalue weighted by Crippen LogP contribution is -2.41. The Morgan fingerprint density at radius 2 is 2.19 bits per heavy atom. The van der Waals surface area contributed by atoms with Crippen LogP contribution in [0.3, 0.4) is 0 Å². The number of likely N-dealkylation sites (tertiary alicyclic amines) is 1. The Labute approximate surface area is 127 Å². The highest BCUT2D eigenvalue weighted by molar-refractivity contribution is 5.21. The molecule has 0 amide bonds. The van der Waals surface area contributed by atoms with Gasteiger partial charge in [0.2, 0.25) is 0 Å². The normalized spacial score (nSPS) is 23.0. The van der Waals surface area contributed by atoms with Gasteiger partial charge in [-0.05, 0) is 44.3 Å². The number of hydrogen-bond donors (Lipinski definition) is 2. The molecule has 0 bridgehead atoms. The minimum absolute atomic E-state index is 0.0145. The first-order valence-electron chi connectivity index (χ1n) is 7.90. The first-order chi connectivity index (χ1) is 10.2. The first kappa shape index (κ1) is 16.4. The summed E-state index contributed by atoms with van der Waals surface area (Å²) >= 11 is 0. The standard InChI is InChI=1S/C17H27FN2O/c1-13(10-20-9-5-6-14(11-20)12-21)17(19-2)15-7-3-4-8-16(15)18/h3-4,7-8,13-14,17,19,21H,5-6,9-12H2,1-2H3. The zero-order valence-corrected chi connectivity index (χ0v) is 13.1. The van der Waals surface area contributed by atoms with Crippen molar-refractivity contribution < 1.29 is 9.50 Å². The van der Waals surface area contributed by atoms with Gasteiger partial charge < -0.3 is 15.3 Å². The van der Waals surface area contributed by atoms with Gasteiger partial charge in [0, 0.05) is 31.3 Å². The molecule has 0 aliphatic carbocycles. The smallest absolute Gasteiger partial charge is 0.127 e. The number of aliphatic hydroxyl groups is 1. The van der Waals surface area contributed by atoms with Crippen molar-refractivity contribution in [1.29, 1.82) is 0 Å². The van der Waals surface area contributed by atoms with E-state index < -0.39 is 0 Å². The van der Waals surface area contributed by atoms with E-state index in [1.807, 2.05) is 19.2 Å². The molecule has 3 unspecified atom stereocenters. The van der Waals surface area contributed by atoms with Crippen molar-refractivity contribution >= 4 is 0 Å². The lowest BCUT2D eigenvalue weighted by molar-refractivity contribution is 0.104. The summed E-state index contributed by atoms with van der Waals surface area (Å²) < 4.78 is 14.0. The molecule has 4 heteroatoms. The van der Waals surface area contributed by atoms with E-state index in [0.717, 1.165) is 38.0 Å². The Balaban J connectivity index is 2.00. The lowest BCUT2D eigenvalue weighted by atomic mass is 9.92. The summed E-state index contributed by atoms with van der Waals surface area (Å²) in [7, 11) is 1.89. The SMILES string of the molecule is CNC(c1ccccc1F)C(C)CN1CCCC(CO)C1. The molecule has 3 nitrogen and oxygen atoms in total. The van der Waals surface area contributed by atoms with E-state index >= 15 is 0 Å². The molecular weight excluding hydrogens is 267 g/mol. The maximum atomic E-state index is 14.0. The molecule has 1 fully saturated rings. The van der Waals surface area contributed by atoms with Crippen LogP contribution in [-0.4, -0.2) is 43.3 Å². The van der Waals surface area contributed by atoms with Gasteiger partial charge in [0.1, 0.15) is 5.82 Å². The summed E-state index contributed by atoms with van der Waals surface area (Å²) in [5.41, 5.74) is 0.739. The van der Waals surface area contributed by atoms with Crippen molar-refractivity contribution in [2.75, 3.05) is 33.3 Å². The Morgan fingerprint density at radius 3 is 2.86 bits per heavy atom. The number of piperidine rings is 1. The molecule has 1 aliphatic rings. The largest absolute Gasteiger partial charge is 0.396 e. The summed E-state index contributed by atoms with van der Waals surface area (Å²) in [4.78, 5) is 2.40. The van der Waals surface area contributed by atoms with Crippen LogP contribution in [0.2, 0.25) is 0 Å². The van der Waals surface area contributed by atoms with E-state index in [-0.39, 0.29) is 18.5 Å². The van der Waals surface area contributed by atoms with Crippen LogP contribution in [0.5, 0.6) is 0 Å². The highest BCUT2D eigenvalue weighted by Crippen LogP contribution is 2.26. The topological polar surface area (TPSA) is 35.5 Å². The molecule has 1 aromatic rings. The van der Waals surface area contributed by atoms with Gasteiger partial charge in [-0.25, -0.2) is 4.39 Å². The number of benzene rings is 1. The number of hydrogen-bond acceptors (Lipinski definition) is 3. The molecular formula is C17H27FN2O. The number of nitrogens with one attached hydrogen (secondary N) is 1. The molecule has 2 N–H and O–H groups in total. The van der Waals surface area contributed by atoms with Gasteiger partial charge in [-0.2, -0.15) is 0 Å². The first-order valence-corrected chi connectivity index (χ1v) is 7.90. The van der Waals surface area contributed by atoms with Gasteiger partial charge >= 0.3 is 0 Å². The summed E-state index contributed by atoms with van der Waals surface area (Å²) in [5.74, 6) is 0.562. The highest BCUT2D eigenvalue weighted by atomic mass is 19.1. The molecule has 21 heavy (non-hydrogen) atoms. The van der Waals surface area contributed by atoms with E-state index in [1.165, 1.54) is 6.07 Å². The third kappa shape index (κ3) is 4.25. The van der Waals surface area contributed by atoms with Crippen molar-refractivity contribution in [1.82, 2.24) is 10.2 Å². The van der Waals surface area contributed by atoms with E-state index in [0.29, 0.717) is 11.8 Å². The van der Waals surface area contributed by atoms with Crippen molar-refractivity contribution in [3.8, 4) is 0 Å². The van der Waals surface area contributed by atoms with Crippen LogP contribution in [0.1, 0.15) is 31.4 Å². The molecule has 1 saturated heterocycles. The minimum Gasteiger partial charge on any atom is -0.396 e. The molecule has 1 aliphatic heterocycles. The maximum Gasteiger partial charge on any atom is 0.127 e. The molecule has 3 atom stereocenters. The van der Waals surface area contributed by atoms with Gasteiger partial charge in [-0.3, -0.25) is 0 Å². The van der Waals surface area contributed by atoms with E-state index in [4.69, 9.17) is 0 Å². The fraction of sp³-hybridized carbons (Fsp3) is 0.647. The van der Waals surface area contributed by atoms with Gasteiger partial charge in [-0.15, -0.1) is 0 Å². The molecule has 2 rings (SSSR count). The second-order valence-electron chi connectivity index (χ2n) is 6.22. The Kier molecular flexibility index (Phi) is 6.15. The van der Waals surface area contributed by atoms with Crippen LogP contribution >= 0.6 is 0 Å². The highest BCUT2D eigenvalue weighted by Gasteiger charge is 2.25. The van der Waals surface area contributed by atoms with Gasteiger partial charge in [-0.1, -0.05) is 25.1 Å². The average molecular weight is 294 g/mol. The van der Waals surface area contributed by atoms with Crippen molar-refractivity contribution in [3.05, 3.63) is 35.6 Å². The van der Waals surface area contributed by atoms with Crippen LogP contribution in [0, 0.1) is 17.7 Å². The predicted molar refractivity (Wildman–Crippen MR) is 83.6 cm³/mol. The average Bonchev–Trinajstić information content (AvgIpc) is 2.50. The molecule has 0 spiro atoms. The molecule has 1 heterocycles. The molecule has 0 aromatic heterocycles. The number of halogens is 1. The van der Waals surface area contributed by atoms with E-state index in [1.54, 1.807) is 6.07 Å². The van der Waals surface area contributed by atoms with Gasteiger partial charge in [0.05, 0.1) is 0 Å². The zero-order valence-electron chi connectivity index (χ0n) is 13.1. The fourth-order valence-electron chi connectivity index (χ4n) is 3.45. The lowest BCUT2D eigenvalue weighted by Gasteiger charge is -2.35.